The third-order valence-corrected chi connectivity index (χ3v) is 4.42. The molecule has 1 unspecified atom stereocenters. The van der Waals surface area contributed by atoms with Gasteiger partial charge < -0.3 is 13.9 Å². The van der Waals surface area contributed by atoms with Crippen molar-refractivity contribution in [1.82, 2.24) is 4.90 Å². The van der Waals surface area contributed by atoms with E-state index in [-0.39, 0.29) is 11.9 Å². The summed E-state index contributed by atoms with van der Waals surface area (Å²) in [6.07, 6.45) is 5.80. The predicted molar refractivity (Wildman–Crippen MR) is 101 cm³/mol. The Morgan fingerprint density at radius 3 is 3.00 bits per heavy atom. The Morgan fingerprint density at radius 2 is 2.27 bits per heavy atom. The number of hydrogen-bond acceptors (Lipinski definition) is 5. The van der Waals surface area contributed by atoms with E-state index in [0.29, 0.717) is 13.2 Å². The number of carbonyl (C=O) groups is 1. The largest absolute Gasteiger partial charge is 0.491 e. The van der Waals surface area contributed by atoms with Gasteiger partial charge in [0.15, 0.2) is 5.78 Å². The van der Waals surface area contributed by atoms with E-state index in [4.69, 9.17) is 13.9 Å². The molecule has 0 amide bonds. The standard InChI is InChI=1S/C21H25NO4/c1-16-13-19(7-8-21(16)17(2)23)26-15-20-14-22(10-12-25-20)9-3-5-18-6-4-11-24-18/h3-8,11,13,20H,9-10,12,14-15H2,1-2H3/b5-3-. The monoisotopic (exact) mass is 355 g/mol. The van der Waals surface area contributed by atoms with Gasteiger partial charge in [0.2, 0.25) is 0 Å². The Kier molecular flexibility index (Phi) is 6.26. The molecule has 1 aromatic heterocycles. The van der Waals surface area contributed by atoms with Crippen LogP contribution in [0.2, 0.25) is 0 Å². The summed E-state index contributed by atoms with van der Waals surface area (Å²) >= 11 is 0. The Morgan fingerprint density at radius 1 is 1.38 bits per heavy atom. The van der Waals surface area contributed by atoms with Crippen LogP contribution in [0.1, 0.15) is 28.6 Å². The molecule has 0 spiro atoms. The molecule has 5 heteroatoms. The molecular formula is C21H25NO4. The first kappa shape index (κ1) is 18.4. The third-order valence-electron chi connectivity index (χ3n) is 4.42. The summed E-state index contributed by atoms with van der Waals surface area (Å²) in [5, 5.41) is 0. The number of benzene rings is 1. The summed E-state index contributed by atoms with van der Waals surface area (Å²) in [7, 11) is 0. The lowest BCUT2D eigenvalue weighted by molar-refractivity contribution is -0.0446. The van der Waals surface area contributed by atoms with Gasteiger partial charge in [-0.2, -0.15) is 0 Å². The zero-order valence-corrected chi connectivity index (χ0v) is 15.3. The fourth-order valence-corrected chi connectivity index (χ4v) is 3.06. The van der Waals surface area contributed by atoms with Crippen LogP contribution in [0.3, 0.4) is 0 Å². The lowest BCUT2D eigenvalue weighted by atomic mass is 10.1. The van der Waals surface area contributed by atoms with E-state index in [0.717, 1.165) is 42.3 Å². The maximum absolute atomic E-state index is 11.5. The molecule has 138 valence electrons. The number of ketones is 1. The van der Waals surface area contributed by atoms with Gasteiger partial charge in [-0.05, 0) is 55.8 Å². The van der Waals surface area contributed by atoms with Crippen molar-refractivity contribution in [2.24, 2.45) is 0 Å². The van der Waals surface area contributed by atoms with E-state index < -0.39 is 0 Å². The quantitative estimate of drug-likeness (QED) is 0.711. The van der Waals surface area contributed by atoms with E-state index in [1.807, 2.05) is 43.3 Å². The maximum Gasteiger partial charge on any atom is 0.160 e. The predicted octanol–water partition coefficient (Wildman–Crippen LogP) is 3.58. The van der Waals surface area contributed by atoms with Crippen molar-refractivity contribution in [1.29, 1.82) is 0 Å². The molecule has 0 N–H and O–H groups in total. The van der Waals surface area contributed by atoms with Gasteiger partial charge in [0.1, 0.15) is 24.2 Å². The molecule has 0 saturated carbocycles. The van der Waals surface area contributed by atoms with Crippen molar-refractivity contribution in [2.45, 2.75) is 20.0 Å². The van der Waals surface area contributed by atoms with Crippen molar-refractivity contribution in [3.05, 3.63) is 59.6 Å². The molecule has 26 heavy (non-hydrogen) atoms. The molecule has 2 heterocycles. The number of aryl methyl sites for hydroxylation is 1. The molecule has 3 rings (SSSR count). The van der Waals surface area contributed by atoms with E-state index in [9.17, 15) is 4.79 Å². The zero-order valence-electron chi connectivity index (χ0n) is 15.3. The minimum atomic E-state index is 0.0357. The molecule has 1 aromatic carbocycles. The summed E-state index contributed by atoms with van der Waals surface area (Å²) < 4.78 is 17.0. The second kappa shape index (κ2) is 8.83. The minimum absolute atomic E-state index is 0.0357. The molecule has 5 nitrogen and oxygen atoms in total. The molecule has 1 aliphatic rings. The minimum Gasteiger partial charge on any atom is -0.491 e. The van der Waals surface area contributed by atoms with Crippen molar-refractivity contribution in [3.63, 3.8) is 0 Å². The zero-order chi connectivity index (χ0) is 18.4. The normalized spacial score (nSPS) is 18.3. The van der Waals surface area contributed by atoms with Gasteiger partial charge in [-0.25, -0.2) is 0 Å². The lowest BCUT2D eigenvalue weighted by Crippen LogP contribution is -2.44. The highest BCUT2D eigenvalue weighted by Crippen LogP contribution is 2.18. The first-order valence-electron chi connectivity index (χ1n) is 8.90. The van der Waals surface area contributed by atoms with E-state index in [1.165, 1.54) is 0 Å². The molecule has 1 saturated heterocycles. The molecule has 0 aliphatic carbocycles. The van der Waals surface area contributed by atoms with E-state index in [1.54, 1.807) is 13.2 Å². The highest BCUT2D eigenvalue weighted by atomic mass is 16.5. The van der Waals surface area contributed by atoms with Crippen LogP contribution in [-0.2, 0) is 4.74 Å². The Labute approximate surface area is 154 Å². The highest BCUT2D eigenvalue weighted by Gasteiger charge is 2.20. The van der Waals surface area contributed by atoms with Crippen molar-refractivity contribution in [3.8, 4) is 5.75 Å². The van der Waals surface area contributed by atoms with Crippen molar-refractivity contribution >= 4 is 11.9 Å². The number of Topliss-reactive ketones (excluding diaryl/α,β-unsaturated/α-hetero) is 1. The topological polar surface area (TPSA) is 51.9 Å². The second-order valence-corrected chi connectivity index (χ2v) is 6.51. The van der Waals surface area contributed by atoms with Gasteiger partial charge in [0, 0.05) is 25.2 Å². The Hall–Kier alpha value is -2.37. The van der Waals surface area contributed by atoms with E-state index >= 15 is 0 Å². The van der Waals surface area contributed by atoms with Gasteiger partial charge in [-0.1, -0.05) is 6.08 Å². The number of carbonyl (C=O) groups excluding carboxylic acids is 1. The number of furan rings is 1. The van der Waals surface area contributed by atoms with Gasteiger partial charge in [-0.15, -0.1) is 0 Å². The molecule has 0 bridgehead atoms. The van der Waals surface area contributed by atoms with Gasteiger partial charge in [-0.3, -0.25) is 9.69 Å². The van der Waals surface area contributed by atoms with Crippen LogP contribution in [0.4, 0.5) is 0 Å². The van der Waals surface area contributed by atoms with Gasteiger partial charge >= 0.3 is 0 Å². The number of morpholine rings is 1. The fourth-order valence-electron chi connectivity index (χ4n) is 3.06. The van der Waals surface area contributed by atoms with Crippen LogP contribution < -0.4 is 4.74 Å². The third kappa shape index (κ3) is 5.07. The molecule has 1 aliphatic heterocycles. The Bertz CT molecular complexity index is 751. The number of hydrogen-bond donors (Lipinski definition) is 0. The summed E-state index contributed by atoms with van der Waals surface area (Å²) in [6.45, 7) is 7.29. The SMILES string of the molecule is CC(=O)c1ccc(OCC2CN(C/C=C\c3ccco3)CCO2)cc1C. The first-order chi connectivity index (χ1) is 12.6. The summed E-state index contributed by atoms with van der Waals surface area (Å²) in [4.78, 5) is 13.8. The van der Waals surface area contributed by atoms with Crippen molar-refractivity contribution in [2.75, 3.05) is 32.8 Å². The average molecular weight is 355 g/mol. The lowest BCUT2D eigenvalue weighted by Gasteiger charge is -2.32. The molecule has 0 radical (unpaired) electrons. The van der Waals surface area contributed by atoms with Crippen LogP contribution in [-0.4, -0.2) is 49.6 Å². The van der Waals surface area contributed by atoms with Gasteiger partial charge in [0.05, 0.1) is 12.9 Å². The smallest absolute Gasteiger partial charge is 0.160 e. The number of ether oxygens (including phenoxy) is 2. The van der Waals surface area contributed by atoms with E-state index in [2.05, 4.69) is 11.0 Å². The second-order valence-electron chi connectivity index (χ2n) is 6.51. The highest BCUT2D eigenvalue weighted by molar-refractivity contribution is 5.95. The fraction of sp³-hybridized carbons (Fsp3) is 0.381. The van der Waals surface area contributed by atoms with Crippen LogP contribution in [0.15, 0.2) is 47.1 Å². The average Bonchev–Trinajstić information content (AvgIpc) is 3.13. The van der Waals surface area contributed by atoms with Crippen LogP contribution in [0.25, 0.3) is 6.08 Å². The van der Waals surface area contributed by atoms with Crippen LogP contribution in [0.5, 0.6) is 5.75 Å². The molecule has 1 fully saturated rings. The molecule has 1 atom stereocenters. The Balaban J connectivity index is 1.47. The number of nitrogens with zero attached hydrogens (tertiary/aromatic N) is 1. The maximum atomic E-state index is 11.5. The first-order valence-corrected chi connectivity index (χ1v) is 8.90. The van der Waals surface area contributed by atoms with Crippen molar-refractivity contribution < 1.29 is 18.7 Å². The molecule has 2 aromatic rings. The van der Waals surface area contributed by atoms with Crippen LogP contribution >= 0.6 is 0 Å². The number of rotatable bonds is 7. The molecular weight excluding hydrogens is 330 g/mol. The summed E-state index contributed by atoms with van der Waals surface area (Å²) in [6, 6.07) is 9.39. The summed E-state index contributed by atoms with van der Waals surface area (Å²) in [5.74, 6) is 1.70. The van der Waals surface area contributed by atoms with Gasteiger partial charge in [0.25, 0.3) is 0 Å². The summed E-state index contributed by atoms with van der Waals surface area (Å²) in [5.41, 5.74) is 1.67. The van der Waals surface area contributed by atoms with Crippen LogP contribution in [0, 0.1) is 6.92 Å².